The Labute approximate surface area is 81.3 Å². The molecule has 0 spiro atoms. The summed E-state index contributed by atoms with van der Waals surface area (Å²) >= 11 is 0. The van der Waals surface area contributed by atoms with Crippen molar-refractivity contribution in [3.05, 3.63) is 0 Å². The lowest BCUT2D eigenvalue weighted by molar-refractivity contribution is -0.193. The van der Waals surface area contributed by atoms with Gasteiger partial charge in [-0.05, 0) is 44.4 Å². The zero-order valence-corrected chi connectivity index (χ0v) is 7.98. The van der Waals surface area contributed by atoms with Crippen LogP contribution in [0.1, 0.15) is 38.5 Å². The van der Waals surface area contributed by atoms with E-state index in [1.807, 2.05) is 0 Å². The van der Waals surface area contributed by atoms with Gasteiger partial charge in [-0.2, -0.15) is 13.2 Å². The molecule has 0 aromatic heterocycles. The monoisotopic (exact) mass is 208 g/mol. The average Bonchev–Trinajstić information content (AvgIpc) is 2.85. The highest BCUT2D eigenvalue weighted by Crippen LogP contribution is 2.50. The second kappa shape index (κ2) is 3.12. The molecule has 0 bridgehead atoms. The number of aliphatic hydroxyl groups is 1. The summed E-state index contributed by atoms with van der Waals surface area (Å²) in [6.07, 6.45) is -1.19. The van der Waals surface area contributed by atoms with Gasteiger partial charge in [0.2, 0.25) is 0 Å². The summed E-state index contributed by atoms with van der Waals surface area (Å²) in [4.78, 5) is 0. The predicted octanol–water partition coefficient (Wildman–Crippen LogP) is 2.88. The zero-order chi connectivity index (χ0) is 10.4. The third kappa shape index (κ3) is 1.90. The number of alkyl halides is 3. The van der Waals surface area contributed by atoms with E-state index < -0.39 is 17.7 Å². The van der Waals surface area contributed by atoms with Crippen LogP contribution >= 0.6 is 0 Å². The maximum Gasteiger partial charge on any atom is 0.391 e. The first-order valence-corrected chi connectivity index (χ1v) is 5.21. The summed E-state index contributed by atoms with van der Waals surface area (Å²) in [5.41, 5.74) is -0.762. The van der Waals surface area contributed by atoms with Crippen LogP contribution in [0, 0.1) is 11.8 Å². The Kier molecular flexibility index (Phi) is 2.29. The normalized spacial score (nSPS) is 39.9. The van der Waals surface area contributed by atoms with Crippen LogP contribution in [0.3, 0.4) is 0 Å². The van der Waals surface area contributed by atoms with Crippen molar-refractivity contribution in [1.82, 2.24) is 0 Å². The highest BCUT2D eigenvalue weighted by Gasteiger charge is 2.50. The van der Waals surface area contributed by atoms with E-state index in [0.29, 0.717) is 12.8 Å². The fourth-order valence-electron chi connectivity index (χ4n) is 2.47. The quantitative estimate of drug-likeness (QED) is 0.702. The fraction of sp³-hybridized carbons (Fsp3) is 1.00. The smallest absolute Gasteiger partial charge is 0.390 e. The third-order valence-electron chi connectivity index (χ3n) is 3.65. The number of hydrogen-bond acceptors (Lipinski definition) is 1. The van der Waals surface area contributed by atoms with Gasteiger partial charge < -0.3 is 5.11 Å². The Morgan fingerprint density at radius 3 is 1.86 bits per heavy atom. The van der Waals surface area contributed by atoms with Crippen molar-refractivity contribution in [2.75, 3.05) is 0 Å². The summed E-state index contributed by atoms with van der Waals surface area (Å²) in [5.74, 6) is -0.891. The Hall–Kier alpha value is -0.250. The molecule has 1 nitrogen and oxygen atoms in total. The maximum atomic E-state index is 12.3. The lowest BCUT2D eigenvalue weighted by Crippen LogP contribution is -2.39. The molecule has 0 aromatic rings. The third-order valence-corrected chi connectivity index (χ3v) is 3.65. The molecule has 0 atom stereocenters. The van der Waals surface area contributed by atoms with E-state index in [4.69, 9.17) is 0 Å². The maximum absolute atomic E-state index is 12.3. The van der Waals surface area contributed by atoms with Crippen molar-refractivity contribution in [2.24, 2.45) is 11.8 Å². The van der Waals surface area contributed by atoms with E-state index >= 15 is 0 Å². The number of hydrogen-bond donors (Lipinski definition) is 1. The molecule has 0 heterocycles. The van der Waals surface area contributed by atoms with Crippen LogP contribution in [-0.2, 0) is 0 Å². The molecule has 1 N–H and O–H groups in total. The van der Waals surface area contributed by atoms with E-state index in [-0.39, 0.29) is 18.8 Å². The number of halogens is 3. The van der Waals surface area contributed by atoms with Crippen LogP contribution in [0.2, 0.25) is 0 Å². The molecule has 14 heavy (non-hydrogen) atoms. The molecule has 4 heteroatoms. The fourth-order valence-corrected chi connectivity index (χ4v) is 2.47. The van der Waals surface area contributed by atoms with Crippen molar-refractivity contribution in [3.63, 3.8) is 0 Å². The zero-order valence-electron chi connectivity index (χ0n) is 7.98. The van der Waals surface area contributed by atoms with Gasteiger partial charge in [0, 0.05) is 0 Å². The first kappa shape index (κ1) is 10.3. The van der Waals surface area contributed by atoms with Crippen LogP contribution in [0.15, 0.2) is 0 Å². The van der Waals surface area contributed by atoms with Crippen LogP contribution in [-0.4, -0.2) is 16.9 Å². The van der Waals surface area contributed by atoms with Crippen molar-refractivity contribution >= 4 is 0 Å². The minimum atomic E-state index is -4.06. The predicted molar refractivity (Wildman–Crippen MR) is 45.7 cm³/mol. The number of rotatable bonds is 1. The minimum Gasteiger partial charge on any atom is -0.390 e. The second-order valence-electron chi connectivity index (χ2n) is 4.69. The van der Waals surface area contributed by atoms with Gasteiger partial charge in [0.25, 0.3) is 0 Å². The van der Waals surface area contributed by atoms with E-state index in [9.17, 15) is 18.3 Å². The molecule has 0 radical (unpaired) electrons. The van der Waals surface area contributed by atoms with Gasteiger partial charge >= 0.3 is 6.18 Å². The lowest BCUT2D eigenvalue weighted by Gasteiger charge is -2.36. The van der Waals surface area contributed by atoms with E-state index in [0.717, 1.165) is 12.8 Å². The van der Waals surface area contributed by atoms with Gasteiger partial charge in [0.1, 0.15) is 0 Å². The molecule has 2 fully saturated rings. The largest absolute Gasteiger partial charge is 0.391 e. The Morgan fingerprint density at radius 2 is 1.50 bits per heavy atom. The molecule has 0 amide bonds. The highest BCUT2D eigenvalue weighted by molar-refractivity contribution is 4.98. The van der Waals surface area contributed by atoms with Crippen molar-refractivity contribution in [3.8, 4) is 0 Å². The van der Waals surface area contributed by atoms with Gasteiger partial charge in [0.15, 0.2) is 0 Å². The second-order valence-corrected chi connectivity index (χ2v) is 4.69. The first-order valence-electron chi connectivity index (χ1n) is 5.21. The molecular formula is C10H15F3O. The van der Waals surface area contributed by atoms with E-state index in [1.54, 1.807) is 0 Å². The van der Waals surface area contributed by atoms with E-state index in [2.05, 4.69) is 0 Å². The SMILES string of the molecule is OC1(C2CC2)CCC(C(F)(F)F)CC1. The summed E-state index contributed by atoms with van der Waals surface area (Å²) in [6, 6.07) is 0. The molecule has 82 valence electrons. The van der Waals surface area contributed by atoms with Gasteiger partial charge in [0.05, 0.1) is 11.5 Å². The van der Waals surface area contributed by atoms with Crippen molar-refractivity contribution in [1.29, 1.82) is 0 Å². The Morgan fingerprint density at radius 1 is 1.00 bits per heavy atom. The topological polar surface area (TPSA) is 20.2 Å². The van der Waals surface area contributed by atoms with Gasteiger partial charge in [-0.25, -0.2) is 0 Å². The van der Waals surface area contributed by atoms with Gasteiger partial charge in [-0.1, -0.05) is 0 Å². The van der Waals surface area contributed by atoms with Gasteiger partial charge in [-0.3, -0.25) is 0 Å². The van der Waals surface area contributed by atoms with Crippen LogP contribution < -0.4 is 0 Å². The van der Waals surface area contributed by atoms with Gasteiger partial charge in [-0.15, -0.1) is 0 Å². The Bertz CT molecular complexity index is 212. The minimum absolute atomic E-state index is 0.108. The molecule has 2 aliphatic rings. The van der Waals surface area contributed by atoms with Crippen LogP contribution in [0.25, 0.3) is 0 Å². The molecule has 0 unspecified atom stereocenters. The molecule has 0 saturated heterocycles. The molecular weight excluding hydrogens is 193 g/mol. The molecule has 2 rings (SSSR count). The van der Waals surface area contributed by atoms with Crippen molar-refractivity contribution in [2.45, 2.75) is 50.3 Å². The summed E-state index contributed by atoms with van der Waals surface area (Å²) in [6.45, 7) is 0. The summed E-state index contributed by atoms with van der Waals surface area (Å²) < 4.78 is 37.0. The summed E-state index contributed by atoms with van der Waals surface area (Å²) in [7, 11) is 0. The highest BCUT2D eigenvalue weighted by atomic mass is 19.4. The molecule has 2 saturated carbocycles. The average molecular weight is 208 g/mol. The Balaban J connectivity index is 1.91. The van der Waals surface area contributed by atoms with Crippen molar-refractivity contribution < 1.29 is 18.3 Å². The molecule has 0 aliphatic heterocycles. The molecule has 2 aliphatic carbocycles. The standard InChI is InChI=1S/C10H15F3O/c11-10(12,13)8-3-5-9(14,6-4-8)7-1-2-7/h7-8,14H,1-6H2. The first-order chi connectivity index (χ1) is 6.42. The van der Waals surface area contributed by atoms with Crippen LogP contribution in [0.4, 0.5) is 13.2 Å². The van der Waals surface area contributed by atoms with Crippen LogP contribution in [0.5, 0.6) is 0 Å². The molecule has 0 aromatic carbocycles. The lowest BCUT2D eigenvalue weighted by atomic mass is 9.76. The summed E-state index contributed by atoms with van der Waals surface area (Å²) in [5, 5.41) is 10.0. The van der Waals surface area contributed by atoms with E-state index in [1.165, 1.54) is 0 Å².